The van der Waals surface area contributed by atoms with Gasteiger partial charge in [-0.3, -0.25) is 14.8 Å². The Morgan fingerprint density at radius 2 is 2.21 bits per heavy atom. The monoisotopic (exact) mass is 323 g/mol. The summed E-state index contributed by atoms with van der Waals surface area (Å²) in [6.07, 6.45) is 6.87. The van der Waals surface area contributed by atoms with Crippen molar-refractivity contribution in [1.29, 1.82) is 0 Å². The summed E-state index contributed by atoms with van der Waals surface area (Å²) in [7, 11) is 0. The third kappa shape index (κ3) is 2.33. The molecule has 0 aliphatic carbocycles. The van der Waals surface area contributed by atoms with E-state index in [4.69, 9.17) is 4.52 Å². The number of rotatable bonds is 2. The van der Waals surface area contributed by atoms with Crippen LogP contribution < -0.4 is 0 Å². The van der Waals surface area contributed by atoms with E-state index in [0.717, 1.165) is 24.2 Å². The second-order valence-corrected chi connectivity index (χ2v) is 6.05. The molecule has 1 aliphatic heterocycles. The normalized spacial score (nSPS) is 17.6. The van der Waals surface area contributed by atoms with Crippen molar-refractivity contribution in [3.63, 3.8) is 0 Å². The number of aromatic nitrogens is 4. The maximum absolute atomic E-state index is 13.2. The summed E-state index contributed by atoms with van der Waals surface area (Å²) in [5.41, 5.74) is 3.24. The number of fused-ring (bicyclic) bond motifs is 1. The van der Waals surface area contributed by atoms with Gasteiger partial charge in [-0.15, -0.1) is 0 Å². The number of nitrogens with zero attached hydrogens (tertiary/aromatic N) is 5. The Hall–Kier alpha value is -2.83. The van der Waals surface area contributed by atoms with Crippen molar-refractivity contribution in [3.05, 3.63) is 47.3 Å². The predicted molar refractivity (Wildman–Crippen MR) is 86.3 cm³/mol. The SMILES string of the molecule is Cc1cc(C(=O)N2CCCC2c2cnccn2)c2c(C)noc2n1. The second kappa shape index (κ2) is 5.67. The molecule has 0 spiro atoms. The molecule has 0 aromatic carbocycles. The number of pyridine rings is 1. The minimum absolute atomic E-state index is 0.0371. The van der Waals surface area contributed by atoms with Crippen LogP contribution in [0.2, 0.25) is 0 Å². The van der Waals surface area contributed by atoms with Crippen molar-refractivity contribution in [2.75, 3.05) is 6.54 Å². The minimum atomic E-state index is -0.0464. The van der Waals surface area contributed by atoms with Crippen molar-refractivity contribution in [2.45, 2.75) is 32.7 Å². The molecule has 24 heavy (non-hydrogen) atoms. The van der Waals surface area contributed by atoms with Gasteiger partial charge in [0, 0.05) is 24.6 Å². The third-order valence-electron chi connectivity index (χ3n) is 4.41. The smallest absolute Gasteiger partial charge is 0.258 e. The molecule has 1 saturated heterocycles. The molecule has 4 heterocycles. The van der Waals surface area contributed by atoms with E-state index in [0.29, 0.717) is 28.9 Å². The third-order valence-corrected chi connectivity index (χ3v) is 4.41. The molecule has 3 aromatic heterocycles. The Bertz CT molecular complexity index is 906. The molecule has 0 radical (unpaired) electrons. The van der Waals surface area contributed by atoms with Crippen LogP contribution in [0.1, 0.15) is 46.3 Å². The molecule has 122 valence electrons. The lowest BCUT2D eigenvalue weighted by Crippen LogP contribution is -2.31. The number of amides is 1. The first-order valence-corrected chi connectivity index (χ1v) is 7.95. The Morgan fingerprint density at radius 1 is 1.33 bits per heavy atom. The fraction of sp³-hybridized carbons (Fsp3) is 0.353. The van der Waals surface area contributed by atoms with Crippen LogP contribution in [0.3, 0.4) is 0 Å². The van der Waals surface area contributed by atoms with E-state index >= 15 is 0 Å². The predicted octanol–water partition coefficient (Wildman–Crippen LogP) is 2.61. The van der Waals surface area contributed by atoms with Gasteiger partial charge in [-0.2, -0.15) is 0 Å². The zero-order valence-electron chi connectivity index (χ0n) is 13.6. The molecular formula is C17H17N5O2. The fourth-order valence-corrected chi connectivity index (χ4v) is 3.34. The summed E-state index contributed by atoms with van der Waals surface area (Å²) in [5.74, 6) is -0.0371. The van der Waals surface area contributed by atoms with Crippen LogP contribution in [-0.4, -0.2) is 37.5 Å². The molecule has 7 nitrogen and oxygen atoms in total. The van der Waals surface area contributed by atoms with Crippen LogP contribution in [0.25, 0.3) is 11.1 Å². The first kappa shape index (κ1) is 14.7. The van der Waals surface area contributed by atoms with Crippen molar-refractivity contribution in [2.24, 2.45) is 0 Å². The highest BCUT2D eigenvalue weighted by molar-refractivity contribution is 6.06. The van der Waals surface area contributed by atoms with E-state index in [1.807, 2.05) is 18.7 Å². The van der Waals surface area contributed by atoms with Crippen molar-refractivity contribution in [1.82, 2.24) is 25.0 Å². The Morgan fingerprint density at radius 3 is 3.00 bits per heavy atom. The van der Waals surface area contributed by atoms with E-state index in [-0.39, 0.29) is 11.9 Å². The van der Waals surface area contributed by atoms with E-state index in [1.54, 1.807) is 24.7 Å². The summed E-state index contributed by atoms with van der Waals surface area (Å²) >= 11 is 0. The minimum Gasteiger partial charge on any atom is -0.336 e. The van der Waals surface area contributed by atoms with Crippen LogP contribution >= 0.6 is 0 Å². The molecule has 1 aliphatic rings. The molecular weight excluding hydrogens is 306 g/mol. The first-order chi connectivity index (χ1) is 11.6. The highest BCUT2D eigenvalue weighted by Gasteiger charge is 2.33. The van der Waals surface area contributed by atoms with Crippen LogP contribution in [0, 0.1) is 13.8 Å². The number of carbonyl (C=O) groups excluding carboxylic acids is 1. The summed E-state index contributed by atoms with van der Waals surface area (Å²) in [6.45, 7) is 4.37. The Labute approximate surface area is 138 Å². The van der Waals surface area contributed by atoms with Crippen LogP contribution in [0.5, 0.6) is 0 Å². The van der Waals surface area contributed by atoms with Gasteiger partial charge in [-0.25, -0.2) is 4.98 Å². The summed E-state index contributed by atoms with van der Waals surface area (Å²) in [6, 6.07) is 1.76. The molecule has 1 amide bonds. The molecule has 0 bridgehead atoms. The van der Waals surface area contributed by atoms with Gasteiger partial charge >= 0.3 is 0 Å². The standard InChI is InChI=1S/C17H17N5O2/c1-10-8-12(15-11(2)21-24-16(15)20-10)17(23)22-7-3-4-14(22)13-9-18-5-6-19-13/h5-6,8-9,14H,3-4,7H2,1-2H3. The van der Waals surface area contributed by atoms with Crippen LogP contribution in [0.4, 0.5) is 0 Å². The van der Waals surface area contributed by atoms with Gasteiger partial charge in [0.2, 0.25) is 0 Å². The lowest BCUT2D eigenvalue weighted by Gasteiger charge is -2.24. The zero-order chi connectivity index (χ0) is 16.7. The van der Waals surface area contributed by atoms with E-state index in [2.05, 4.69) is 20.1 Å². The van der Waals surface area contributed by atoms with E-state index in [1.165, 1.54) is 0 Å². The highest BCUT2D eigenvalue weighted by atomic mass is 16.5. The van der Waals surface area contributed by atoms with Crippen molar-refractivity contribution in [3.8, 4) is 0 Å². The van der Waals surface area contributed by atoms with Gasteiger partial charge in [0.15, 0.2) is 0 Å². The van der Waals surface area contributed by atoms with Gasteiger partial charge in [0.1, 0.15) is 0 Å². The van der Waals surface area contributed by atoms with Crippen molar-refractivity contribution >= 4 is 17.0 Å². The van der Waals surface area contributed by atoms with Gasteiger partial charge in [-0.05, 0) is 32.8 Å². The summed E-state index contributed by atoms with van der Waals surface area (Å²) < 4.78 is 5.24. The molecule has 4 rings (SSSR count). The lowest BCUT2D eigenvalue weighted by atomic mass is 10.1. The molecule has 0 N–H and O–H groups in total. The van der Waals surface area contributed by atoms with Gasteiger partial charge < -0.3 is 9.42 Å². The summed E-state index contributed by atoms with van der Waals surface area (Å²) in [5, 5.41) is 4.64. The highest BCUT2D eigenvalue weighted by Crippen LogP contribution is 2.33. The number of hydrogen-bond donors (Lipinski definition) is 0. The van der Waals surface area contributed by atoms with Crippen LogP contribution in [-0.2, 0) is 0 Å². The zero-order valence-corrected chi connectivity index (χ0v) is 13.6. The summed E-state index contributed by atoms with van der Waals surface area (Å²) in [4.78, 5) is 27.9. The van der Waals surface area contributed by atoms with E-state index in [9.17, 15) is 4.79 Å². The second-order valence-electron chi connectivity index (χ2n) is 6.05. The molecule has 1 atom stereocenters. The molecule has 7 heteroatoms. The van der Waals surface area contributed by atoms with E-state index < -0.39 is 0 Å². The quantitative estimate of drug-likeness (QED) is 0.720. The van der Waals surface area contributed by atoms with Gasteiger partial charge in [-0.1, -0.05) is 5.16 Å². The molecule has 3 aromatic rings. The van der Waals surface area contributed by atoms with Gasteiger partial charge in [0.05, 0.1) is 34.6 Å². The average molecular weight is 323 g/mol. The fourth-order valence-electron chi connectivity index (χ4n) is 3.34. The Kier molecular flexibility index (Phi) is 3.48. The Balaban J connectivity index is 1.77. The average Bonchev–Trinajstić information content (AvgIpc) is 3.22. The largest absolute Gasteiger partial charge is 0.336 e. The van der Waals surface area contributed by atoms with Gasteiger partial charge in [0.25, 0.3) is 11.6 Å². The van der Waals surface area contributed by atoms with Crippen LogP contribution in [0.15, 0.2) is 29.2 Å². The maximum atomic E-state index is 13.2. The lowest BCUT2D eigenvalue weighted by molar-refractivity contribution is 0.0734. The topological polar surface area (TPSA) is 85.0 Å². The molecule has 1 fully saturated rings. The first-order valence-electron chi connectivity index (χ1n) is 7.95. The van der Waals surface area contributed by atoms with Crippen molar-refractivity contribution < 1.29 is 9.32 Å². The number of hydrogen-bond acceptors (Lipinski definition) is 6. The number of aryl methyl sites for hydroxylation is 2. The molecule has 0 saturated carbocycles. The number of likely N-dealkylation sites (tertiary alicyclic amines) is 1. The molecule has 1 unspecified atom stereocenters. The number of carbonyl (C=O) groups is 1. The maximum Gasteiger partial charge on any atom is 0.258 e.